The number of carbonyl (C=O) groups is 3. The van der Waals surface area contributed by atoms with E-state index in [0.717, 1.165) is 11.6 Å². The summed E-state index contributed by atoms with van der Waals surface area (Å²) < 4.78 is 0. The van der Waals surface area contributed by atoms with Crippen LogP contribution in [0.25, 0.3) is 0 Å². The number of carbonyl (C=O) groups excluding carboxylic acids is 3. The maximum Gasteiger partial charge on any atom is 0.251 e. The number of hydrogen-bond acceptors (Lipinski definition) is 4. The molecular formula is C31H50N4O3. The average molecular weight is 527 g/mol. The molecule has 1 atom stereocenters. The van der Waals surface area contributed by atoms with Gasteiger partial charge < -0.3 is 20.4 Å². The van der Waals surface area contributed by atoms with Crippen molar-refractivity contribution in [3.05, 3.63) is 41.5 Å². The van der Waals surface area contributed by atoms with E-state index in [4.69, 9.17) is 6.42 Å². The molecule has 1 heterocycles. The molecule has 1 aromatic rings. The van der Waals surface area contributed by atoms with Crippen LogP contribution >= 0.6 is 0 Å². The monoisotopic (exact) mass is 526 g/mol. The fraction of sp³-hybridized carbons (Fsp3) is 0.581. The van der Waals surface area contributed by atoms with Crippen molar-refractivity contribution in [3.8, 4) is 12.3 Å². The number of nitrogens with one attached hydrogen (secondary N) is 2. The van der Waals surface area contributed by atoms with Crippen molar-refractivity contribution in [3.63, 3.8) is 0 Å². The Labute approximate surface area is 231 Å². The molecule has 0 bridgehead atoms. The summed E-state index contributed by atoms with van der Waals surface area (Å²) in [5, 5.41) is 5.16. The van der Waals surface area contributed by atoms with Gasteiger partial charge in [-0.2, -0.15) is 0 Å². The fourth-order valence-electron chi connectivity index (χ4n) is 3.82. The maximum absolute atomic E-state index is 12.4. The second kappa shape index (κ2) is 19.9. The molecule has 1 fully saturated rings. The topological polar surface area (TPSA) is 81.8 Å². The number of nitrogens with zero attached hydrogens (tertiary/aromatic N) is 2. The second-order valence-corrected chi connectivity index (χ2v) is 10.2. The summed E-state index contributed by atoms with van der Waals surface area (Å²) in [5.74, 6) is 2.13. The summed E-state index contributed by atoms with van der Waals surface area (Å²) in [6.07, 6.45) is 13.1. The van der Waals surface area contributed by atoms with Crippen molar-refractivity contribution in [2.24, 2.45) is 5.92 Å². The maximum atomic E-state index is 12.4. The van der Waals surface area contributed by atoms with Gasteiger partial charge in [0.05, 0.1) is 12.6 Å². The zero-order chi connectivity index (χ0) is 29.1. The minimum atomic E-state index is -0.273. The summed E-state index contributed by atoms with van der Waals surface area (Å²) >= 11 is 0. The Bertz CT molecular complexity index is 895. The molecule has 7 heteroatoms. The van der Waals surface area contributed by atoms with E-state index in [9.17, 15) is 14.4 Å². The van der Waals surface area contributed by atoms with E-state index in [1.54, 1.807) is 44.3 Å². The van der Waals surface area contributed by atoms with Gasteiger partial charge in [-0.1, -0.05) is 52.5 Å². The van der Waals surface area contributed by atoms with E-state index < -0.39 is 0 Å². The van der Waals surface area contributed by atoms with Crippen LogP contribution in [-0.4, -0.2) is 66.8 Å². The molecule has 38 heavy (non-hydrogen) atoms. The molecule has 212 valence electrons. The van der Waals surface area contributed by atoms with Gasteiger partial charge in [0.2, 0.25) is 12.3 Å². The molecule has 0 spiro atoms. The highest BCUT2D eigenvalue weighted by Gasteiger charge is 2.22. The van der Waals surface area contributed by atoms with E-state index in [-0.39, 0.29) is 30.3 Å². The van der Waals surface area contributed by atoms with Crippen LogP contribution in [0.15, 0.2) is 35.9 Å². The first-order valence-corrected chi connectivity index (χ1v) is 13.7. The van der Waals surface area contributed by atoms with Gasteiger partial charge in [0.1, 0.15) is 0 Å². The number of piperidine rings is 1. The van der Waals surface area contributed by atoms with Crippen LogP contribution in [0.4, 0.5) is 5.69 Å². The van der Waals surface area contributed by atoms with Crippen LogP contribution in [0, 0.1) is 18.3 Å². The van der Waals surface area contributed by atoms with E-state index in [1.807, 2.05) is 13.8 Å². The van der Waals surface area contributed by atoms with E-state index in [1.165, 1.54) is 43.7 Å². The van der Waals surface area contributed by atoms with Gasteiger partial charge in [-0.25, -0.2) is 0 Å². The number of likely N-dealkylation sites (tertiary alicyclic amines) is 1. The van der Waals surface area contributed by atoms with Crippen LogP contribution in [0.2, 0.25) is 0 Å². The third kappa shape index (κ3) is 14.0. The number of amides is 3. The lowest BCUT2D eigenvalue weighted by atomic mass is 9.99. The molecule has 1 aliphatic rings. The number of terminal acetylenes is 1. The van der Waals surface area contributed by atoms with Crippen LogP contribution in [0.1, 0.15) is 79.7 Å². The number of rotatable bonds is 9. The van der Waals surface area contributed by atoms with Gasteiger partial charge in [-0.3, -0.25) is 14.4 Å². The Morgan fingerprint density at radius 1 is 1.08 bits per heavy atom. The van der Waals surface area contributed by atoms with E-state index in [2.05, 4.69) is 49.1 Å². The Morgan fingerprint density at radius 2 is 1.63 bits per heavy atom. The summed E-state index contributed by atoms with van der Waals surface area (Å²) in [7, 11) is 1.65. The molecule has 0 unspecified atom stereocenters. The lowest BCUT2D eigenvalue weighted by Gasteiger charge is -2.29. The van der Waals surface area contributed by atoms with Crippen LogP contribution in [0.5, 0.6) is 0 Å². The summed E-state index contributed by atoms with van der Waals surface area (Å²) in [6.45, 7) is 17.0. The Balaban J connectivity index is 0.000000938. The lowest BCUT2D eigenvalue weighted by molar-refractivity contribution is -0.132. The smallest absolute Gasteiger partial charge is 0.251 e. The first kappa shape index (κ1) is 34.9. The van der Waals surface area contributed by atoms with Crippen molar-refractivity contribution in [1.82, 2.24) is 15.1 Å². The lowest BCUT2D eigenvalue weighted by Crippen LogP contribution is -2.43. The van der Waals surface area contributed by atoms with Crippen molar-refractivity contribution >= 4 is 23.9 Å². The van der Waals surface area contributed by atoms with Crippen LogP contribution in [0.3, 0.4) is 0 Å². The van der Waals surface area contributed by atoms with Crippen molar-refractivity contribution in [1.29, 1.82) is 0 Å². The molecule has 0 aliphatic carbocycles. The van der Waals surface area contributed by atoms with Gasteiger partial charge in [0, 0.05) is 29.9 Å². The molecule has 3 amide bonds. The molecule has 0 radical (unpaired) electrons. The first-order valence-electron chi connectivity index (χ1n) is 13.7. The molecule has 1 saturated heterocycles. The number of hydrogen-bond donors (Lipinski definition) is 2. The normalized spacial score (nSPS) is 14.2. The second-order valence-electron chi connectivity index (χ2n) is 10.2. The van der Waals surface area contributed by atoms with E-state index in [0.29, 0.717) is 17.7 Å². The molecule has 0 aromatic heterocycles. The fourth-order valence-corrected chi connectivity index (χ4v) is 3.82. The van der Waals surface area contributed by atoms with Gasteiger partial charge >= 0.3 is 0 Å². The molecule has 7 nitrogen and oxygen atoms in total. The SMILES string of the molecule is C#Cc1ccc(NC(=O)/C(C)=C/[C@H](C(C)C)N(C)C(=O)CNC=O)cc1.CC(C)N1CCCCC1.CCC. The van der Waals surface area contributed by atoms with Crippen molar-refractivity contribution in [2.75, 3.05) is 32.0 Å². The van der Waals surface area contributed by atoms with Crippen LogP contribution in [-0.2, 0) is 14.4 Å². The average Bonchev–Trinajstić information content (AvgIpc) is 2.91. The molecular weight excluding hydrogens is 476 g/mol. The Morgan fingerprint density at radius 3 is 2.05 bits per heavy atom. The summed E-state index contributed by atoms with van der Waals surface area (Å²) in [4.78, 5) is 39.0. The zero-order valence-electron chi connectivity index (χ0n) is 24.8. The third-order valence-corrected chi connectivity index (χ3v) is 6.07. The van der Waals surface area contributed by atoms with Gasteiger partial charge in [0.25, 0.3) is 5.91 Å². The number of anilines is 1. The van der Waals surface area contributed by atoms with Gasteiger partial charge in [-0.15, -0.1) is 6.42 Å². The minimum Gasteiger partial charge on any atom is -0.350 e. The third-order valence-electron chi connectivity index (χ3n) is 6.07. The Kier molecular flexibility index (Phi) is 18.3. The number of benzene rings is 1. The molecule has 1 aliphatic heterocycles. The van der Waals surface area contributed by atoms with Gasteiger partial charge in [-0.05, 0) is 76.9 Å². The predicted molar refractivity (Wildman–Crippen MR) is 159 cm³/mol. The van der Waals surface area contributed by atoms with Gasteiger partial charge in [0.15, 0.2) is 0 Å². The summed E-state index contributed by atoms with van der Waals surface area (Å²) in [6, 6.07) is 7.47. The highest BCUT2D eigenvalue weighted by molar-refractivity contribution is 6.03. The minimum absolute atomic E-state index is 0.0795. The largest absolute Gasteiger partial charge is 0.350 e. The van der Waals surface area contributed by atoms with Crippen molar-refractivity contribution in [2.45, 2.75) is 86.2 Å². The van der Waals surface area contributed by atoms with Crippen LogP contribution < -0.4 is 10.6 Å². The number of likely N-dealkylation sites (N-methyl/N-ethyl adjacent to an activating group) is 1. The first-order chi connectivity index (χ1) is 18.0. The molecule has 2 N–H and O–H groups in total. The summed E-state index contributed by atoms with van der Waals surface area (Å²) in [5.41, 5.74) is 1.87. The highest BCUT2D eigenvalue weighted by atomic mass is 16.2. The molecule has 2 rings (SSSR count). The molecule has 0 saturated carbocycles. The zero-order valence-corrected chi connectivity index (χ0v) is 24.8. The predicted octanol–water partition coefficient (Wildman–Crippen LogP) is 5.08. The van der Waals surface area contributed by atoms with E-state index >= 15 is 0 Å². The highest BCUT2D eigenvalue weighted by Crippen LogP contribution is 2.15. The molecule has 1 aromatic carbocycles. The quantitative estimate of drug-likeness (QED) is 0.267. The Hall–Kier alpha value is -3.11. The standard InChI is InChI=1S/C20H25N3O3.C8H17N.C3H8/c1-6-16-7-9-17(10-8-16)22-20(26)15(4)11-18(14(2)3)23(5)19(25)12-21-13-24;1-8(2)9-6-4-3-5-7-9;1-3-2/h1,7-11,13-14,18H,12H2,2-5H3,(H,21,24)(H,22,26);8H,3-7H2,1-2H3;3H2,1-2H3/b15-11+;;/t18-;;/m1../s1. The van der Waals surface area contributed by atoms with Crippen molar-refractivity contribution < 1.29 is 14.4 Å².